The summed E-state index contributed by atoms with van der Waals surface area (Å²) in [7, 11) is 0. The van der Waals surface area contributed by atoms with E-state index in [9.17, 15) is 14.4 Å². The first-order valence-electron chi connectivity index (χ1n) is 4.83. The molecule has 1 aliphatic heterocycles. The maximum Gasteiger partial charge on any atom is 0.305 e. The first kappa shape index (κ1) is 12.6. The Kier molecular flexibility index (Phi) is 4.87. The molecular formula is C9H13NO6. The fraction of sp³-hybridized carbons (Fsp3) is 0.667. The van der Waals surface area contributed by atoms with Gasteiger partial charge in [0, 0.05) is 6.42 Å². The summed E-state index contributed by atoms with van der Waals surface area (Å²) in [6.07, 6.45) is -0.921. The van der Waals surface area contributed by atoms with Crippen molar-refractivity contribution in [2.24, 2.45) is 0 Å². The van der Waals surface area contributed by atoms with Crippen LogP contribution in [0.3, 0.4) is 0 Å². The number of rotatable bonds is 6. The van der Waals surface area contributed by atoms with Crippen LogP contribution in [0.5, 0.6) is 0 Å². The molecule has 90 valence electrons. The molecule has 0 radical (unpaired) electrons. The van der Waals surface area contributed by atoms with E-state index in [0.717, 1.165) is 0 Å². The van der Waals surface area contributed by atoms with E-state index in [1.54, 1.807) is 0 Å². The second-order valence-corrected chi connectivity index (χ2v) is 3.20. The number of carboxylic acids is 1. The summed E-state index contributed by atoms with van der Waals surface area (Å²) < 4.78 is 9.74. The van der Waals surface area contributed by atoms with E-state index >= 15 is 0 Å². The molecule has 1 fully saturated rings. The molecule has 0 aromatic carbocycles. The van der Waals surface area contributed by atoms with Crippen LogP contribution in [0.1, 0.15) is 12.8 Å². The third-order valence-electron chi connectivity index (χ3n) is 1.97. The van der Waals surface area contributed by atoms with Gasteiger partial charge in [-0.2, -0.15) is 0 Å². The van der Waals surface area contributed by atoms with Crippen LogP contribution in [-0.4, -0.2) is 48.8 Å². The standard InChI is InChI=1S/C9H13NO6/c11-6-1-4-16-8(6)9(14)10-5-15-3-2-7(12)13/h8H,1-5H2,(H,10,14)(H,12,13)/t8-/m1/s1. The highest BCUT2D eigenvalue weighted by atomic mass is 16.5. The third-order valence-corrected chi connectivity index (χ3v) is 1.97. The molecule has 1 rings (SSSR count). The van der Waals surface area contributed by atoms with Crippen molar-refractivity contribution < 1.29 is 29.0 Å². The topological polar surface area (TPSA) is 102 Å². The van der Waals surface area contributed by atoms with Crippen molar-refractivity contribution in [1.29, 1.82) is 0 Å². The van der Waals surface area contributed by atoms with Crippen LogP contribution in [0.2, 0.25) is 0 Å². The van der Waals surface area contributed by atoms with Gasteiger partial charge in [0.25, 0.3) is 5.91 Å². The number of amides is 1. The lowest BCUT2D eigenvalue weighted by Crippen LogP contribution is -2.39. The zero-order chi connectivity index (χ0) is 12.0. The van der Waals surface area contributed by atoms with Crippen LogP contribution >= 0.6 is 0 Å². The van der Waals surface area contributed by atoms with Crippen LogP contribution in [0.25, 0.3) is 0 Å². The van der Waals surface area contributed by atoms with Gasteiger partial charge in [0.2, 0.25) is 0 Å². The Morgan fingerprint density at radius 2 is 2.31 bits per heavy atom. The minimum atomic E-state index is -1.04. The molecule has 7 nitrogen and oxygen atoms in total. The molecule has 1 saturated heterocycles. The Morgan fingerprint density at radius 3 is 2.88 bits per heavy atom. The molecule has 1 aliphatic rings. The van der Waals surface area contributed by atoms with Crippen LogP contribution in [0.4, 0.5) is 0 Å². The molecule has 1 atom stereocenters. The van der Waals surface area contributed by atoms with Crippen molar-refractivity contribution in [3.8, 4) is 0 Å². The smallest absolute Gasteiger partial charge is 0.305 e. The van der Waals surface area contributed by atoms with Crippen molar-refractivity contribution in [3.63, 3.8) is 0 Å². The van der Waals surface area contributed by atoms with Crippen molar-refractivity contribution >= 4 is 17.7 Å². The predicted octanol–water partition coefficient (Wildman–Crippen LogP) is -1.09. The number of aliphatic carboxylic acids is 1. The van der Waals surface area contributed by atoms with E-state index in [4.69, 9.17) is 14.6 Å². The number of carbonyl (C=O) groups is 3. The van der Waals surface area contributed by atoms with Gasteiger partial charge < -0.3 is 19.9 Å². The lowest BCUT2D eigenvalue weighted by Gasteiger charge is -2.09. The minimum absolute atomic E-state index is 0.00901. The number of hydrogen-bond acceptors (Lipinski definition) is 5. The summed E-state index contributed by atoms with van der Waals surface area (Å²) in [6.45, 7) is 0.144. The van der Waals surface area contributed by atoms with Gasteiger partial charge in [-0.3, -0.25) is 14.4 Å². The maximum atomic E-state index is 11.3. The van der Waals surface area contributed by atoms with Crippen molar-refractivity contribution in [3.05, 3.63) is 0 Å². The van der Waals surface area contributed by atoms with E-state index in [1.165, 1.54) is 0 Å². The molecule has 16 heavy (non-hydrogen) atoms. The number of Topliss-reactive ketones (excluding diaryl/α,β-unsaturated/α-hetero) is 1. The van der Waals surface area contributed by atoms with Crippen LogP contribution < -0.4 is 5.32 Å². The summed E-state index contributed by atoms with van der Waals surface area (Å²) in [5, 5.41) is 10.6. The quantitative estimate of drug-likeness (QED) is 0.342. The lowest BCUT2D eigenvalue weighted by atomic mass is 10.2. The first-order chi connectivity index (χ1) is 7.61. The van der Waals surface area contributed by atoms with E-state index in [-0.39, 0.29) is 38.6 Å². The highest BCUT2D eigenvalue weighted by molar-refractivity contribution is 6.05. The fourth-order valence-corrected chi connectivity index (χ4v) is 1.17. The third kappa shape index (κ3) is 3.95. The molecule has 2 N–H and O–H groups in total. The maximum absolute atomic E-state index is 11.3. The number of carboxylic acid groups (broad SMARTS) is 1. The summed E-state index contributed by atoms with van der Waals surface area (Å²) in [4.78, 5) is 32.5. The van der Waals surface area contributed by atoms with Gasteiger partial charge in [0.15, 0.2) is 11.9 Å². The highest BCUT2D eigenvalue weighted by Gasteiger charge is 2.31. The molecule has 0 unspecified atom stereocenters. The number of ketones is 1. The number of hydrogen-bond donors (Lipinski definition) is 2. The minimum Gasteiger partial charge on any atom is -0.481 e. The molecule has 0 aromatic heterocycles. The molecule has 0 bridgehead atoms. The SMILES string of the molecule is O=C(O)CCOCNC(=O)[C@@H]1OCCC1=O. The summed E-state index contributed by atoms with van der Waals surface area (Å²) in [6, 6.07) is 0. The Balaban J connectivity index is 2.11. The van der Waals surface area contributed by atoms with Crippen LogP contribution in [0.15, 0.2) is 0 Å². The monoisotopic (exact) mass is 231 g/mol. The second-order valence-electron chi connectivity index (χ2n) is 3.20. The number of carbonyl (C=O) groups excluding carboxylic acids is 2. The molecule has 0 saturated carbocycles. The zero-order valence-electron chi connectivity index (χ0n) is 8.60. The predicted molar refractivity (Wildman–Crippen MR) is 50.6 cm³/mol. The van der Waals surface area contributed by atoms with Crippen molar-refractivity contribution in [2.75, 3.05) is 19.9 Å². The van der Waals surface area contributed by atoms with E-state index in [1.807, 2.05) is 0 Å². The normalized spacial score (nSPS) is 19.8. The van der Waals surface area contributed by atoms with E-state index in [2.05, 4.69) is 5.32 Å². The van der Waals surface area contributed by atoms with Gasteiger partial charge >= 0.3 is 5.97 Å². The van der Waals surface area contributed by atoms with E-state index < -0.39 is 18.0 Å². The largest absolute Gasteiger partial charge is 0.481 e. The summed E-state index contributed by atoms with van der Waals surface area (Å²) in [5.41, 5.74) is 0. The van der Waals surface area contributed by atoms with E-state index in [0.29, 0.717) is 0 Å². The number of ether oxygens (including phenoxy) is 2. The molecular weight excluding hydrogens is 218 g/mol. The average Bonchev–Trinajstić information content (AvgIpc) is 2.63. The molecule has 7 heteroatoms. The van der Waals surface area contributed by atoms with Gasteiger partial charge in [-0.1, -0.05) is 0 Å². The Morgan fingerprint density at radius 1 is 1.56 bits per heavy atom. The second kappa shape index (κ2) is 6.19. The Labute approximate surface area is 91.7 Å². The fourth-order valence-electron chi connectivity index (χ4n) is 1.17. The summed E-state index contributed by atoms with van der Waals surface area (Å²) in [5.74, 6) is -1.76. The molecule has 0 spiro atoms. The summed E-state index contributed by atoms with van der Waals surface area (Å²) >= 11 is 0. The molecule has 1 heterocycles. The van der Waals surface area contributed by atoms with Gasteiger partial charge in [0.05, 0.1) is 19.6 Å². The first-order valence-corrected chi connectivity index (χ1v) is 4.83. The Hall–Kier alpha value is -1.47. The van der Waals surface area contributed by atoms with Gasteiger partial charge in [0.1, 0.15) is 6.73 Å². The average molecular weight is 231 g/mol. The molecule has 0 aliphatic carbocycles. The molecule has 1 amide bonds. The van der Waals surface area contributed by atoms with Crippen LogP contribution in [0, 0.1) is 0 Å². The van der Waals surface area contributed by atoms with Gasteiger partial charge in [-0.15, -0.1) is 0 Å². The lowest BCUT2D eigenvalue weighted by molar-refractivity contribution is -0.138. The molecule has 0 aromatic rings. The highest BCUT2D eigenvalue weighted by Crippen LogP contribution is 2.07. The van der Waals surface area contributed by atoms with Crippen molar-refractivity contribution in [1.82, 2.24) is 5.32 Å². The van der Waals surface area contributed by atoms with Gasteiger partial charge in [-0.05, 0) is 0 Å². The van der Waals surface area contributed by atoms with Crippen LogP contribution in [-0.2, 0) is 23.9 Å². The van der Waals surface area contributed by atoms with Gasteiger partial charge in [-0.25, -0.2) is 0 Å². The number of nitrogens with one attached hydrogen (secondary N) is 1. The van der Waals surface area contributed by atoms with Crippen molar-refractivity contribution in [2.45, 2.75) is 18.9 Å². The Bertz CT molecular complexity index is 290. The zero-order valence-corrected chi connectivity index (χ0v) is 8.60.